The van der Waals surface area contributed by atoms with Gasteiger partial charge in [-0.15, -0.1) is 0 Å². The maximum absolute atomic E-state index is 10.8. The second-order valence-corrected chi connectivity index (χ2v) is 5.19. The Hall–Kier alpha value is -2.21. The highest BCUT2D eigenvalue weighted by molar-refractivity contribution is 9.10. The first-order valence-electron chi connectivity index (χ1n) is 5.87. The molecule has 1 aromatic heterocycles. The number of oxazole rings is 1. The molecule has 0 aliphatic rings. The minimum atomic E-state index is -0.446. The van der Waals surface area contributed by atoms with Gasteiger partial charge in [-0.05, 0) is 30.7 Å². The molecule has 3 rings (SSSR count). The third-order valence-corrected chi connectivity index (χ3v) is 3.94. The Balaban J connectivity index is 2.18. The molecule has 0 radical (unpaired) electrons. The SMILES string of the molecule is Cc1c(Br)cccc1-c1nc2cc([N+](=O)[O-])ccc2o1. The number of fused-ring (bicyclic) bond motifs is 1. The van der Waals surface area contributed by atoms with E-state index in [0.717, 1.165) is 15.6 Å². The van der Waals surface area contributed by atoms with Gasteiger partial charge in [0.1, 0.15) is 5.52 Å². The van der Waals surface area contributed by atoms with Crippen LogP contribution in [-0.2, 0) is 0 Å². The predicted octanol–water partition coefficient (Wildman–Crippen LogP) is 4.47. The highest BCUT2D eigenvalue weighted by atomic mass is 79.9. The van der Waals surface area contributed by atoms with Crippen LogP contribution in [0.2, 0.25) is 0 Å². The largest absolute Gasteiger partial charge is 0.436 e. The van der Waals surface area contributed by atoms with Crippen LogP contribution in [0.25, 0.3) is 22.6 Å². The fourth-order valence-electron chi connectivity index (χ4n) is 1.98. The zero-order valence-electron chi connectivity index (χ0n) is 10.5. The molecular formula is C14H9BrN2O3. The summed E-state index contributed by atoms with van der Waals surface area (Å²) in [7, 11) is 0. The minimum Gasteiger partial charge on any atom is -0.436 e. The molecule has 0 saturated heterocycles. The van der Waals surface area contributed by atoms with Crippen LogP contribution in [0.5, 0.6) is 0 Å². The quantitative estimate of drug-likeness (QED) is 0.512. The summed E-state index contributed by atoms with van der Waals surface area (Å²) in [5, 5.41) is 10.8. The van der Waals surface area contributed by atoms with Crippen LogP contribution in [-0.4, -0.2) is 9.91 Å². The number of aromatic nitrogens is 1. The lowest BCUT2D eigenvalue weighted by molar-refractivity contribution is -0.384. The van der Waals surface area contributed by atoms with Crippen molar-refractivity contribution in [3.8, 4) is 11.5 Å². The van der Waals surface area contributed by atoms with Crippen LogP contribution >= 0.6 is 15.9 Å². The van der Waals surface area contributed by atoms with Crippen molar-refractivity contribution in [1.29, 1.82) is 0 Å². The maximum Gasteiger partial charge on any atom is 0.271 e. The molecule has 0 unspecified atom stereocenters. The first-order chi connectivity index (χ1) is 9.56. The fourth-order valence-corrected chi connectivity index (χ4v) is 2.35. The Labute approximate surface area is 122 Å². The molecule has 1 heterocycles. The summed E-state index contributed by atoms with van der Waals surface area (Å²) in [4.78, 5) is 14.7. The summed E-state index contributed by atoms with van der Waals surface area (Å²) in [6.45, 7) is 1.96. The highest BCUT2D eigenvalue weighted by Gasteiger charge is 2.14. The fraction of sp³-hybridized carbons (Fsp3) is 0.0714. The topological polar surface area (TPSA) is 69.2 Å². The van der Waals surface area contributed by atoms with Crippen LogP contribution in [0.3, 0.4) is 0 Å². The number of nitrogens with zero attached hydrogens (tertiary/aromatic N) is 2. The smallest absolute Gasteiger partial charge is 0.271 e. The molecule has 100 valence electrons. The predicted molar refractivity (Wildman–Crippen MR) is 78.5 cm³/mol. The van der Waals surface area contributed by atoms with Crippen LogP contribution < -0.4 is 0 Å². The molecule has 3 aromatic rings. The van der Waals surface area contributed by atoms with Crippen LogP contribution in [0.4, 0.5) is 5.69 Å². The summed E-state index contributed by atoms with van der Waals surface area (Å²) in [5.41, 5.74) is 2.88. The van der Waals surface area contributed by atoms with Crippen LogP contribution in [0, 0.1) is 17.0 Å². The monoisotopic (exact) mass is 332 g/mol. The van der Waals surface area contributed by atoms with Crippen molar-refractivity contribution in [2.75, 3.05) is 0 Å². The molecule has 0 fully saturated rings. The van der Waals surface area contributed by atoms with E-state index in [4.69, 9.17) is 4.42 Å². The van der Waals surface area contributed by atoms with Gasteiger partial charge < -0.3 is 4.42 Å². The number of nitro benzene ring substituents is 1. The third-order valence-electron chi connectivity index (χ3n) is 3.08. The number of hydrogen-bond donors (Lipinski definition) is 0. The Morgan fingerprint density at radius 1 is 1.30 bits per heavy atom. The second-order valence-electron chi connectivity index (χ2n) is 4.34. The van der Waals surface area contributed by atoms with Gasteiger partial charge in [0.25, 0.3) is 5.69 Å². The molecule has 0 amide bonds. The maximum atomic E-state index is 10.8. The average molecular weight is 333 g/mol. The summed E-state index contributed by atoms with van der Waals surface area (Å²) in [6.07, 6.45) is 0. The van der Waals surface area contributed by atoms with E-state index in [1.807, 2.05) is 25.1 Å². The van der Waals surface area contributed by atoms with E-state index < -0.39 is 4.92 Å². The molecule has 0 atom stereocenters. The van der Waals surface area contributed by atoms with Gasteiger partial charge in [-0.3, -0.25) is 10.1 Å². The van der Waals surface area contributed by atoms with E-state index in [9.17, 15) is 10.1 Å². The number of hydrogen-bond acceptors (Lipinski definition) is 4. The third kappa shape index (κ3) is 2.08. The van der Waals surface area contributed by atoms with Crippen LogP contribution in [0.1, 0.15) is 5.56 Å². The number of halogens is 1. The van der Waals surface area contributed by atoms with Gasteiger partial charge in [0.15, 0.2) is 5.58 Å². The number of benzene rings is 2. The molecule has 0 saturated carbocycles. The number of non-ortho nitro benzene ring substituents is 1. The van der Waals surface area contributed by atoms with Gasteiger partial charge in [-0.25, -0.2) is 4.98 Å². The van der Waals surface area contributed by atoms with Gasteiger partial charge >= 0.3 is 0 Å². The molecule has 0 aliphatic carbocycles. The van der Waals surface area contributed by atoms with Crippen LogP contribution in [0.15, 0.2) is 45.3 Å². The normalized spacial score (nSPS) is 10.9. The Morgan fingerprint density at radius 3 is 2.85 bits per heavy atom. The molecular weight excluding hydrogens is 324 g/mol. The van der Waals surface area contributed by atoms with E-state index in [-0.39, 0.29) is 5.69 Å². The van der Waals surface area contributed by atoms with E-state index >= 15 is 0 Å². The van der Waals surface area contributed by atoms with E-state index in [1.165, 1.54) is 12.1 Å². The zero-order valence-corrected chi connectivity index (χ0v) is 12.0. The van der Waals surface area contributed by atoms with Crippen molar-refractivity contribution in [3.05, 3.63) is 56.5 Å². The highest BCUT2D eigenvalue weighted by Crippen LogP contribution is 2.31. The summed E-state index contributed by atoms with van der Waals surface area (Å²) in [5.74, 6) is 0.458. The zero-order chi connectivity index (χ0) is 14.3. The number of rotatable bonds is 2. The van der Waals surface area contributed by atoms with Crippen molar-refractivity contribution in [2.45, 2.75) is 6.92 Å². The van der Waals surface area contributed by atoms with Crippen molar-refractivity contribution >= 4 is 32.7 Å². The van der Waals surface area contributed by atoms with E-state index in [2.05, 4.69) is 20.9 Å². The Kier molecular flexibility index (Phi) is 3.02. The lowest BCUT2D eigenvalue weighted by atomic mass is 10.1. The summed E-state index contributed by atoms with van der Waals surface area (Å²) >= 11 is 3.46. The molecule has 0 bridgehead atoms. The van der Waals surface area contributed by atoms with E-state index in [0.29, 0.717) is 17.0 Å². The lowest BCUT2D eigenvalue weighted by Crippen LogP contribution is -1.86. The summed E-state index contributed by atoms with van der Waals surface area (Å²) < 4.78 is 6.63. The van der Waals surface area contributed by atoms with Gasteiger partial charge in [0.2, 0.25) is 5.89 Å². The van der Waals surface area contributed by atoms with Crippen molar-refractivity contribution in [3.63, 3.8) is 0 Å². The van der Waals surface area contributed by atoms with Crippen molar-refractivity contribution in [1.82, 2.24) is 4.98 Å². The summed E-state index contributed by atoms with van der Waals surface area (Å²) in [6, 6.07) is 10.1. The number of nitro groups is 1. The first kappa shape index (κ1) is 12.8. The molecule has 2 aromatic carbocycles. The molecule has 20 heavy (non-hydrogen) atoms. The molecule has 6 heteroatoms. The standard InChI is InChI=1S/C14H9BrN2O3/c1-8-10(3-2-4-11(8)15)14-16-12-7-9(17(18)19)5-6-13(12)20-14/h2-7H,1H3. The molecule has 0 spiro atoms. The molecule has 0 aliphatic heterocycles. The van der Waals surface area contributed by atoms with Crippen molar-refractivity contribution in [2.24, 2.45) is 0 Å². The minimum absolute atomic E-state index is 0.00307. The Bertz CT molecular complexity index is 826. The molecule has 0 N–H and O–H groups in total. The van der Waals surface area contributed by atoms with Crippen molar-refractivity contribution < 1.29 is 9.34 Å². The van der Waals surface area contributed by atoms with Gasteiger partial charge in [-0.2, -0.15) is 0 Å². The average Bonchev–Trinajstić information content (AvgIpc) is 2.84. The van der Waals surface area contributed by atoms with Gasteiger partial charge in [0, 0.05) is 22.2 Å². The lowest BCUT2D eigenvalue weighted by Gasteiger charge is -2.02. The van der Waals surface area contributed by atoms with Gasteiger partial charge in [-0.1, -0.05) is 22.0 Å². The van der Waals surface area contributed by atoms with E-state index in [1.54, 1.807) is 6.07 Å². The van der Waals surface area contributed by atoms with Gasteiger partial charge in [0.05, 0.1) is 4.92 Å². The Morgan fingerprint density at radius 2 is 2.10 bits per heavy atom. The second kappa shape index (κ2) is 4.72. The molecule has 5 nitrogen and oxygen atoms in total. The first-order valence-corrected chi connectivity index (χ1v) is 6.66.